The van der Waals surface area contributed by atoms with Crippen molar-refractivity contribution in [1.82, 2.24) is 4.90 Å². The van der Waals surface area contributed by atoms with Crippen LogP contribution in [0.4, 0.5) is 0 Å². The summed E-state index contributed by atoms with van der Waals surface area (Å²) < 4.78 is 5.20. The third kappa shape index (κ3) is 3.47. The molecule has 0 saturated carbocycles. The van der Waals surface area contributed by atoms with E-state index in [-0.39, 0.29) is 5.91 Å². The van der Waals surface area contributed by atoms with Gasteiger partial charge in [-0.3, -0.25) is 9.59 Å². The average molecular weight is 305 g/mol. The summed E-state index contributed by atoms with van der Waals surface area (Å²) in [6, 6.07) is 9.33. The monoisotopic (exact) mass is 305 g/mol. The molecule has 0 radical (unpaired) electrons. The van der Waals surface area contributed by atoms with Crippen molar-refractivity contribution in [2.75, 3.05) is 26.3 Å². The number of nitrogens with zero attached hydrogens (tertiary/aromatic N) is 1. The predicted octanol–water partition coefficient (Wildman–Crippen LogP) is 2.06. The maximum absolute atomic E-state index is 12.1. The molecule has 0 bridgehead atoms. The highest BCUT2D eigenvalue weighted by atomic mass is 16.5. The zero-order chi connectivity index (χ0) is 16.0. The topological polar surface area (TPSA) is 66.8 Å². The number of ether oxygens (including phenoxy) is 1. The smallest absolute Gasteiger partial charge is 0.314 e. The lowest BCUT2D eigenvalue weighted by molar-refractivity contribution is -0.148. The van der Waals surface area contributed by atoms with Gasteiger partial charge in [-0.15, -0.1) is 0 Å². The largest absolute Gasteiger partial charge is 0.481 e. The van der Waals surface area contributed by atoms with Crippen molar-refractivity contribution in [3.8, 4) is 0 Å². The molecule has 2 rings (SSSR count). The molecule has 0 aliphatic carbocycles. The number of carbonyl (C=O) groups is 2. The van der Waals surface area contributed by atoms with Gasteiger partial charge in [0.05, 0.1) is 18.4 Å². The lowest BCUT2D eigenvalue weighted by atomic mass is 9.73. The van der Waals surface area contributed by atoms with E-state index in [9.17, 15) is 14.7 Å². The van der Waals surface area contributed by atoms with Crippen LogP contribution in [0.15, 0.2) is 30.3 Å². The molecular weight excluding hydrogens is 282 g/mol. The Kier molecular flexibility index (Phi) is 5.55. The van der Waals surface area contributed by atoms with Crippen molar-refractivity contribution < 1.29 is 19.4 Å². The Morgan fingerprint density at radius 2 is 1.86 bits per heavy atom. The minimum Gasteiger partial charge on any atom is -0.481 e. The Morgan fingerprint density at radius 3 is 2.41 bits per heavy atom. The molecule has 0 spiro atoms. The molecule has 1 aromatic rings. The third-order valence-corrected chi connectivity index (χ3v) is 4.37. The summed E-state index contributed by atoms with van der Waals surface area (Å²) in [6.45, 7) is 3.88. The average Bonchev–Trinajstić information content (AvgIpc) is 2.55. The van der Waals surface area contributed by atoms with Gasteiger partial charge in [0.15, 0.2) is 0 Å². The summed E-state index contributed by atoms with van der Waals surface area (Å²) in [6.07, 6.45) is 1.26. The molecule has 5 nitrogen and oxygen atoms in total. The summed E-state index contributed by atoms with van der Waals surface area (Å²) in [7, 11) is 0. The maximum atomic E-state index is 12.1. The van der Waals surface area contributed by atoms with Gasteiger partial charge in [-0.05, 0) is 25.3 Å². The molecule has 1 heterocycles. The molecule has 1 fully saturated rings. The highest BCUT2D eigenvalue weighted by molar-refractivity contribution is 5.82. The summed E-state index contributed by atoms with van der Waals surface area (Å²) in [5.74, 6) is -0.763. The van der Waals surface area contributed by atoms with Crippen molar-refractivity contribution in [2.24, 2.45) is 0 Å². The van der Waals surface area contributed by atoms with Crippen LogP contribution in [0.5, 0.6) is 0 Å². The van der Waals surface area contributed by atoms with Gasteiger partial charge in [0.1, 0.15) is 0 Å². The molecule has 1 aliphatic heterocycles. The molecule has 0 unspecified atom stereocenters. The van der Waals surface area contributed by atoms with Crippen molar-refractivity contribution in [2.45, 2.75) is 31.6 Å². The highest BCUT2D eigenvalue weighted by Crippen LogP contribution is 2.36. The number of rotatable bonds is 6. The molecule has 5 heteroatoms. The first-order valence-corrected chi connectivity index (χ1v) is 7.74. The second-order valence-electron chi connectivity index (χ2n) is 5.58. The molecule has 0 atom stereocenters. The quantitative estimate of drug-likeness (QED) is 0.817. The van der Waals surface area contributed by atoms with Gasteiger partial charge in [0, 0.05) is 19.7 Å². The van der Waals surface area contributed by atoms with Crippen molar-refractivity contribution in [3.63, 3.8) is 0 Å². The van der Waals surface area contributed by atoms with E-state index in [1.165, 1.54) is 0 Å². The van der Waals surface area contributed by atoms with Gasteiger partial charge >= 0.3 is 5.97 Å². The van der Waals surface area contributed by atoms with Crippen molar-refractivity contribution >= 4 is 11.9 Å². The summed E-state index contributed by atoms with van der Waals surface area (Å²) in [4.78, 5) is 25.7. The van der Waals surface area contributed by atoms with E-state index in [0.717, 1.165) is 5.56 Å². The predicted molar refractivity (Wildman–Crippen MR) is 82.7 cm³/mol. The number of carbonyl (C=O) groups excluding carboxylic acids is 1. The number of aliphatic carboxylic acids is 1. The third-order valence-electron chi connectivity index (χ3n) is 4.37. The standard InChI is InChI=1S/C17H23NO4/c1-2-22-13-8-15(19)18-11-9-17(10-12-18,16(20)21)14-6-4-3-5-7-14/h3-7H,2,8-13H2,1H3,(H,20,21). The Hall–Kier alpha value is -1.88. The second kappa shape index (κ2) is 7.40. The van der Waals surface area contributed by atoms with Gasteiger partial charge in [-0.25, -0.2) is 0 Å². The first kappa shape index (κ1) is 16.5. The number of piperidine rings is 1. The molecule has 1 aliphatic rings. The summed E-state index contributed by atoms with van der Waals surface area (Å²) >= 11 is 0. The van der Waals surface area contributed by atoms with Crippen LogP contribution >= 0.6 is 0 Å². The normalized spacial score (nSPS) is 17.2. The highest BCUT2D eigenvalue weighted by Gasteiger charge is 2.43. The summed E-state index contributed by atoms with van der Waals surface area (Å²) in [5, 5.41) is 9.72. The van der Waals surface area contributed by atoms with Crippen molar-refractivity contribution in [1.29, 1.82) is 0 Å². The van der Waals surface area contributed by atoms with Crippen LogP contribution in [0.1, 0.15) is 31.7 Å². The Balaban J connectivity index is 2.02. The molecular formula is C17H23NO4. The maximum Gasteiger partial charge on any atom is 0.314 e. The molecule has 120 valence electrons. The Bertz CT molecular complexity index is 507. The molecule has 22 heavy (non-hydrogen) atoms. The van der Waals surface area contributed by atoms with E-state index in [2.05, 4.69) is 0 Å². The minimum absolute atomic E-state index is 0.0421. The van der Waals surface area contributed by atoms with Gasteiger partial charge in [0.25, 0.3) is 0 Å². The molecule has 1 amide bonds. The van der Waals surface area contributed by atoms with E-state index >= 15 is 0 Å². The number of carboxylic acid groups (broad SMARTS) is 1. The SMILES string of the molecule is CCOCCC(=O)N1CCC(C(=O)O)(c2ccccc2)CC1. The van der Waals surface area contributed by atoms with E-state index in [1.807, 2.05) is 37.3 Å². The van der Waals surface area contributed by atoms with Gasteiger partial charge in [-0.1, -0.05) is 30.3 Å². The summed E-state index contributed by atoms with van der Waals surface area (Å²) in [5.41, 5.74) is -0.0540. The number of amides is 1. The molecule has 1 N–H and O–H groups in total. The van der Waals surface area contributed by atoms with Crippen LogP contribution in [0.25, 0.3) is 0 Å². The molecule has 0 aromatic heterocycles. The van der Waals surface area contributed by atoms with Crippen LogP contribution in [0.3, 0.4) is 0 Å². The zero-order valence-corrected chi connectivity index (χ0v) is 13.0. The Labute approximate surface area is 130 Å². The number of hydrogen-bond acceptors (Lipinski definition) is 3. The fourth-order valence-corrected chi connectivity index (χ4v) is 2.98. The van der Waals surface area contributed by atoms with Crippen LogP contribution < -0.4 is 0 Å². The van der Waals surface area contributed by atoms with Crippen LogP contribution in [-0.4, -0.2) is 48.2 Å². The van der Waals surface area contributed by atoms with E-state index < -0.39 is 11.4 Å². The lowest BCUT2D eigenvalue weighted by Crippen LogP contribution is -2.49. The van der Waals surface area contributed by atoms with Gasteiger partial charge in [-0.2, -0.15) is 0 Å². The van der Waals surface area contributed by atoms with Gasteiger partial charge < -0.3 is 14.7 Å². The molecule has 1 saturated heterocycles. The fraction of sp³-hybridized carbons (Fsp3) is 0.529. The van der Waals surface area contributed by atoms with E-state index in [4.69, 9.17) is 4.74 Å². The fourth-order valence-electron chi connectivity index (χ4n) is 2.98. The lowest BCUT2D eigenvalue weighted by Gasteiger charge is -2.39. The number of likely N-dealkylation sites (tertiary alicyclic amines) is 1. The minimum atomic E-state index is -0.877. The van der Waals surface area contributed by atoms with E-state index in [1.54, 1.807) is 4.90 Å². The van der Waals surface area contributed by atoms with Crippen molar-refractivity contribution in [3.05, 3.63) is 35.9 Å². The number of benzene rings is 1. The first-order chi connectivity index (χ1) is 10.6. The van der Waals surface area contributed by atoms with Crippen LogP contribution in [-0.2, 0) is 19.7 Å². The van der Waals surface area contributed by atoms with Gasteiger partial charge in [0.2, 0.25) is 5.91 Å². The number of carboxylic acids is 1. The Morgan fingerprint density at radius 1 is 1.23 bits per heavy atom. The van der Waals surface area contributed by atoms with Crippen LogP contribution in [0, 0.1) is 0 Å². The first-order valence-electron chi connectivity index (χ1n) is 7.74. The molecule has 1 aromatic carbocycles. The van der Waals surface area contributed by atoms with Crippen LogP contribution in [0.2, 0.25) is 0 Å². The number of hydrogen-bond donors (Lipinski definition) is 1. The zero-order valence-electron chi connectivity index (χ0n) is 13.0. The second-order valence-corrected chi connectivity index (χ2v) is 5.58. The van der Waals surface area contributed by atoms with E-state index in [0.29, 0.717) is 45.6 Å².